The number of piperidine rings is 1. The number of aromatic nitrogens is 2. The zero-order valence-corrected chi connectivity index (χ0v) is 13.2. The minimum Gasteiger partial charge on any atom is -0.383 e. The second-order valence-corrected chi connectivity index (χ2v) is 6.60. The van der Waals surface area contributed by atoms with Crippen molar-refractivity contribution in [3.05, 3.63) is 18.0 Å². The second kappa shape index (κ2) is 6.16. The van der Waals surface area contributed by atoms with Gasteiger partial charge in [-0.1, -0.05) is 0 Å². The van der Waals surface area contributed by atoms with Crippen molar-refractivity contribution in [3.63, 3.8) is 0 Å². The number of nitrogens with one attached hydrogen (secondary N) is 1. The molecule has 1 aromatic rings. The van der Waals surface area contributed by atoms with Crippen LogP contribution >= 0.6 is 0 Å². The minimum atomic E-state index is -2.85. The van der Waals surface area contributed by atoms with E-state index in [0.29, 0.717) is 39.2 Å². The fourth-order valence-electron chi connectivity index (χ4n) is 3.77. The number of hydrogen-bond donors (Lipinski definition) is 1. The number of likely N-dealkylation sites (tertiary alicyclic amines) is 2. The molecule has 0 aromatic carbocycles. The Kier molecular flexibility index (Phi) is 4.37. The molecule has 3 heterocycles. The first kappa shape index (κ1) is 16.3. The van der Waals surface area contributed by atoms with Crippen molar-refractivity contribution in [2.24, 2.45) is 5.41 Å². The second-order valence-electron chi connectivity index (χ2n) is 6.60. The van der Waals surface area contributed by atoms with E-state index in [-0.39, 0.29) is 18.9 Å². The smallest absolute Gasteiger partial charge is 0.261 e. The number of hydrogen-bond acceptors (Lipinski definition) is 4. The highest BCUT2D eigenvalue weighted by Gasteiger charge is 2.56. The van der Waals surface area contributed by atoms with Gasteiger partial charge in [-0.15, -0.1) is 0 Å². The summed E-state index contributed by atoms with van der Waals surface area (Å²) in [7, 11) is 1.57. The molecule has 0 aliphatic carbocycles. The summed E-state index contributed by atoms with van der Waals surface area (Å²) in [4.78, 5) is 16.0. The zero-order valence-electron chi connectivity index (χ0n) is 13.2. The first-order valence-electron chi connectivity index (χ1n) is 7.80. The van der Waals surface area contributed by atoms with Crippen molar-refractivity contribution in [1.29, 1.82) is 0 Å². The molecule has 1 aromatic heterocycles. The zero-order chi connectivity index (χ0) is 16.5. The van der Waals surface area contributed by atoms with Crippen LogP contribution in [0.2, 0.25) is 0 Å². The van der Waals surface area contributed by atoms with E-state index in [1.54, 1.807) is 29.3 Å². The normalized spacial score (nSPS) is 28.0. The molecule has 128 valence electrons. The van der Waals surface area contributed by atoms with E-state index in [2.05, 4.69) is 10.2 Å². The third-order valence-electron chi connectivity index (χ3n) is 4.71. The van der Waals surface area contributed by atoms with Gasteiger partial charge < -0.3 is 9.64 Å². The summed E-state index contributed by atoms with van der Waals surface area (Å²) in [5.74, 6) is -3.01. The van der Waals surface area contributed by atoms with Gasteiger partial charge in [-0.05, 0) is 6.42 Å². The number of methoxy groups -OCH3 is 1. The number of H-pyrrole nitrogens is 1. The third-order valence-corrected chi connectivity index (χ3v) is 4.71. The van der Waals surface area contributed by atoms with Gasteiger partial charge in [-0.3, -0.25) is 14.8 Å². The highest BCUT2D eigenvalue weighted by atomic mass is 19.3. The molecule has 2 aliphatic heterocycles. The predicted octanol–water partition coefficient (Wildman–Crippen LogP) is 1.12. The monoisotopic (exact) mass is 328 g/mol. The predicted molar refractivity (Wildman–Crippen MR) is 78.9 cm³/mol. The number of aromatic amines is 1. The molecule has 1 atom stereocenters. The van der Waals surface area contributed by atoms with Crippen LogP contribution in [0.3, 0.4) is 0 Å². The fraction of sp³-hybridized carbons (Fsp3) is 0.733. The van der Waals surface area contributed by atoms with Gasteiger partial charge in [0.2, 0.25) is 5.91 Å². The number of rotatable bonds is 5. The van der Waals surface area contributed by atoms with Gasteiger partial charge in [0.15, 0.2) is 0 Å². The standard InChI is InChI=1S/C15H22F2N4O2/c1-23-5-4-21-3-2-14(13(21)22)9-15(16,17)11-20(10-14)8-12-6-18-19-7-12/h6-7H,2-5,8-11H2,1H3,(H,18,19). The summed E-state index contributed by atoms with van der Waals surface area (Å²) in [6, 6.07) is 0. The molecule has 2 saturated heterocycles. The van der Waals surface area contributed by atoms with Crippen LogP contribution in [0.1, 0.15) is 18.4 Å². The maximum Gasteiger partial charge on any atom is 0.261 e. The fourth-order valence-corrected chi connectivity index (χ4v) is 3.77. The number of alkyl halides is 2. The van der Waals surface area contributed by atoms with E-state index < -0.39 is 11.3 Å². The Morgan fingerprint density at radius 2 is 2.26 bits per heavy atom. The van der Waals surface area contributed by atoms with Gasteiger partial charge in [-0.2, -0.15) is 5.10 Å². The average Bonchev–Trinajstić information content (AvgIpc) is 3.06. The van der Waals surface area contributed by atoms with E-state index in [9.17, 15) is 13.6 Å². The first-order chi connectivity index (χ1) is 10.9. The number of carbonyl (C=O) groups is 1. The average molecular weight is 328 g/mol. The van der Waals surface area contributed by atoms with Crippen molar-refractivity contribution in [1.82, 2.24) is 20.0 Å². The van der Waals surface area contributed by atoms with Crippen molar-refractivity contribution in [3.8, 4) is 0 Å². The topological polar surface area (TPSA) is 61.5 Å². The van der Waals surface area contributed by atoms with E-state index in [1.165, 1.54) is 0 Å². The highest BCUT2D eigenvalue weighted by Crippen LogP contribution is 2.45. The lowest BCUT2D eigenvalue weighted by molar-refractivity contribution is -0.155. The molecule has 1 N–H and O–H groups in total. The van der Waals surface area contributed by atoms with Crippen LogP contribution in [0.25, 0.3) is 0 Å². The van der Waals surface area contributed by atoms with Gasteiger partial charge in [0.05, 0.1) is 24.8 Å². The largest absolute Gasteiger partial charge is 0.383 e. The molecule has 8 heteroatoms. The Balaban J connectivity index is 1.74. The minimum absolute atomic E-state index is 0.161. The molecule has 6 nitrogen and oxygen atoms in total. The number of nitrogens with zero attached hydrogens (tertiary/aromatic N) is 3. The first-order valence-corrected chi connectivity index (χ1v) is 7.80. The van der Waals surface area contributed by atoms with Crippen molar-refractivity contribution in [2.45, 2.75) is 25.3 Å². The van der Waals surface area contributed by atoms with Crippen molar-refractivity contribution < 1.29 is 18.3 Å². The lowest BCUT2D eigenvalue weighted by atomic mass is 9.77. The lowest BCUT2D eigenvalue weighted by Crippen LogP contribution is -2.55. The van der Waals surface area contributed by atoms with Crippen LogP contribution in [0.15, 0.2) is 12.4 Å². The summed E-state index contributed by atoms with van der Waals surface area (Å²) in [6.07, 6.45) is 3.44. The van der Waals surface area contributed by atoms with Gasteiger partial charge >= 0.3 is 0 Å². The number of amides is 1. The summed E-state index contributed by atoms with van der Waals surface area (Å²) in [6.45, 7) is 1.85. The number of carbonyl (C=O) groups excluding carboxylic acids is 1. The maximum absolute atomic E-state index is 14.3. The van der Waals surface area contributed by atoms with Crippen LogP contribution in [-0.2, 0) is 16.1 Å². The van der Waals surface area contributed by atoms with Gasteiger partial charge in [0.25, 0.3) is 5.92 Å². The van der Waals surface area contributed by atoms with Crippen LogP contribution in [0.4, 0.5) is 8.78 Å². The van der Waals surface area contributed by atoms with Crippen molar-refractivity contribution in [2.75, 3.05) is 39.9 Å². The summed E-state index contributed by atoms with van der Waals surface area (Å²) in [5, 5.41) is 6.53. The van der Waals surface area contributed by atoms with Crippen LogP contribution in [0, 0.1) is 5.41 Å². The Labute approximate surface area is 133 Å². The quantitative estimate of drug-likeness (QED) is 0.880. The van der Waals surface area contributed by atoms with E-state index >= 15 is 0 Å². The summed E-state index contributed by atoms with van der Waals surface area (Å²) >= 11 is 0. The molecule has 0 bridgehead atoms. The summed E-state index contributed by atoms with van der Waals surface area (Å²) in [5.41, 5.74) is -0.126. The molecule has 2 fully saturated rings. The molecular formula is C15H22F2N4O2. The molecule has 23 heavy (non-hydrogen) atoms. The van der Waals surface area contributed by atoms with Crippen molar-refractivity contribution >= 4 is 5.91 Å². The summed E-state index contributed by atoms with van der Waals surface area (Å²) < 4.78 is 33.5. The van der Waals surface area contributed by atoms with Gasteiger partial charge in [0.1, 0.15) is 0 Å². The van der Waals surface area contributed by atoms with Crippen LogP contribution in [-0.4, -0.2) is 71.7 Å². The molecular weight excluding hydrogens is 306 g/mol. The Morgan fingerprint density at radius 1 is 1.43 bits per heavy atom. The molecule has 0 radical (unpaired) electrons. The van der Waals surface area contributed by atoms with Gasteiger partial charge in [0, 0.05) is 51.5 Å². The van der Waals surface area contributed by atoms with E-state index in [4.69, 9.17) is 4.74 Å². The van der Waals surface area contributed by atoms with E-state index in [0.717, 1.165) is 5.56 Å². The SMILES string of the molecule is COCCN1CCC2(CN(Cc3cn[nH]c3)CC(F)(F)C2)C1=O. The van der Waals surface area contributed by atoms with Gasteiger partial charge in [-0.25, -0.2) is 8.78 Å². The highest BCUT2D eigenvalue weighted by molar-refractivity contribution is 5.85. The van der Waals surface area contributed by atoms with Crippen LogP contribution in [0.5, 0.6) is 0 Å². The van der Waals surface area contributed by atoms with E-state index in [1.807, 2.05) is 0 Å². The molecule has 1 unspecified atom stereocenters. The molecule has 2 aliphatic rings. The lowest BCUT2D eigenvalue weighted by Gasteiger charge is -2.42. The Bertz CT molecular complexity index is 552. The number of ether oxygens (including phenoxy) is 1. The Hall–Kier alpha value is -1.54. The maximum atomic E-state index is 14.3. The molecule has 3 rings (SSSR count). The number of halogens is 2. The Morgan fingerprint density at radius 3 is 2.96 bits per heavy atom. The molecule has 0 saturated carbocycles. The molecule has 1 amide bonds. The molecule has 1 spiro atoms. The van der Waals surface area contributed by atoms with Crippen LogP contribution < -0.4 is 0 Å². The third kappa shape index (κ3) is 3.37.